The summed E-state index contributed by atoms with van der Waals surface area (Å²) in [4.78, 5) is 3.60. The van der Waals surface area contributed by atoms with Gasteiger partial charge in [0.05, 0.1) is 0 Å². The SMILES string of the molecule is CCN=CB=O. The molecule has 0 bridgehead atoms. The molecule has 3 heteroatoms. The summed E-state index contributed by atoms with van der Waals surface area (Å²) >= 11 is 0. The second-order valence-electron chi connectivity index (χ2n) is 0.784. The predicted molar refractivity (Wildman–Crippen MR) is 25.5 cm³/mol. The Morgan fingerprint density at radius 3 is 2.83 bits per heavy atom. The van der Waals surface area contributed by atoms with Crippen LogP contribution in [0.25, 0.3) is 0 Å². The maximum absolute atomic E-state index is 9.41. The van der Waals surface area contributed by atoms with E-state index in [1.807, 2.05) is 6.92 Å². The second kappa shape index (κ2) is 4.53. The van der Waals surface area contributed by atoms with Crippen molar-refractivity contribution >= 4 is 13.3 Å². The molecule has 0 aliphatic carbocycles. The summed E-state index contributed by atoms with van der Waals surface area (Å²) in [6.07, 6.45) is 1.25. The maximum atomic E-state index is 9.41. The molecule has 0 aliphatic rings. The van der Waals surface area contributed by atoms with Crippen LogP contribution in [0, 0.1) is 0 Å². The van der Waals surface area contributed by atoms with E-state index >= 15 is 0 Å². The number of nitrogens with zero attached hydrogens (tertiary/aromatic N) is 1. The summed E-state index contributed by atoms with van der Waals surface area (Å²) in [6, 6.07) is 0. The third-order valence-electron chi connectivity index (χ3n) is 0.349. The quantitative estimate of drug-likeness (QED) is 0.343. The molecule has 0 N–H and O–H groups in total. The molecule has 0 radical (unpaired) electrons. The summed E-state index contributed by atoms with van der Waals surface area (Å²) in [5.74, 6) is 0. The van der Waals surface area contributed by atoms with Crippen molar-refractivity contribution in [2.45, 2.75) is 6.92 Å². The van der Waals surface area contributed by atoms with E-state index in [0.717, 1.165) is 0 Å². The minimum atomic E-state index is 0.670. The zero-order chi connectivity index (χ0) is 4.83. The first-order valence-electron chi connectivity index (χ1n) is 1.85. The minimum absolute atomic E-state index is 0.670. The Morgan fingerprint density at radius 2 is 2.67 bits per heavy atom. The van der Waals surface area contributed by atoms with Crippen molar-refractivity contribution < 1.29 is 4.70 Å². The summed E-state index contributed by atoms with van der Waals surface area (Å²) < 4.78 is 9.41. The van der Waals surface area contributed by atoms with Gasteiger partial charge in [-0.15, -0.1) is 0 Å². The van der Waals surface area contributed by atoms with Crippen molar-refractivity contribution in [3.8, 4) is 0 Å². The van der Waals surface area contributed by atoms with Crippen LogP contribution in [0.5, 0.6) is 0 Å². The van der Waals surface area contributed by atoms with E-state index in [1.165, 1.54) is 6.11 Å². The third-order valence-corrected chi connectivity index (χ3v) is 0.349. The van der Waals surface area contributed by atoms with Gasteiger partial charge in [-0.05, 0) is 0 Å². The van der Waals surface area contributed by atoms with Crippen LogP contribution in [0.3, 0.4) is 0 Å². The molecule has 0 atom stereocenters. The van der Waals surface area contributed by atoms with Gasteiger partial charge in [-0.2, -0.15) is 0 Å². The van der Waals surface area contributed by atoms with Gasteiger partial charge in [-0.3, -0.25) is 0 Å². The monoisotopic (exact) mass is 83.1 g/mol. The second-order valence-corrected chi connectivity index (χ2v) is 0.784. The van der Waals surface area contributed by atoms with Gasteiger partial charge in [0.25, 0.3) is 0 Å². The van der Waals surface area contributed by atoms with Crippen molar-refractivity contribution in [1.82, 2.24) is 0 Å². The standard InChI is InChI=1S/C3H6BNO/c1-2-5-3-4-6/h3H,2H2,1H3. The van der Waals surface area contributed by atoms with Gasteiger partial charge in [0, 0.05) is 0 Å². The molecule has 0 unspecified atom stereocenters. The third kappa shape index (κ3) is 3.53. The molecule has 2 nitrogen and oxygen atoms in total. The van der Waals surface area contributed by atoms with E-state index in [0.29, 0.717) is 13.7 Å². The molecule has 32 valence electrons. The fraction of sp³-hybridized carbons (Fsp3) is 0.667. The molecule has 0 aliphatic heterocycles. The number of aliphatic imine (C=N–C) groups is 1. The zero-order valence-electron chi connectivity index (χ0n) is 3.72. The topological polar surface area (TPSA) is 29.4 Å². The summed E-state index contributed by atoms with van der Waals surface area (Å²) in [5.41, 5.74) is 0. The van der Waals surface area contributed by atoms with Gasteiger partial charge >= 0.3 is 36.4 Å². The van der Waals surface area contributed by atoms with Crippen LogP contribution in [0.15, 0.2) is 4.99 Å². The number of hydrogen-bond acceptors (Lipinski definition) is 2. The van der Waals surface area contributed by atoms with Crippen LogP contribution in [0.4, 0.5) is 0 Å². The van der Waals surface area contributed by atoms with Crippen molar-refractivity contribution in [1.29, 1.82) is 0 Å². The van der Waals surface area contributed by atoms with E-state index in [1.54, 1.807) is 0 Å². The van der Waals surface area contributed by atoms with Crippen LogP contribution < -0.4 is 0 Å². The van der Waals surface area contributed by atoms with Crippen LogP contribution in [-0.2, 0) is 4.70 Å². The molecule has 0 heterocycles. The van der Waals surface area contributed by atoms with Gasteiger partial charge in [-0.1, -0.05) is 0 Å². The van der Waals surface area contributed by atoms with Crippen LogP contribution >= 0.6 is 0 Å². The van der Waals surface area contributed by atoms with E-state index in [9.17, 15) is 4.70 Å². The summed E-state index contributed by atoms with van der Waals surface area (Å²) in [6.45, 7) is 2.57. The van der Waals surface area contributed by atoms with Gasteiger partial charge < -0.3 is 0 Å². The Hall–Kier alpha value is -0.465. The molecule has 0 aromatic heterocycles. The fourth-order valence-corrected chi connectivity index (χ4v) is 0.148. The van der Waals surface area contributed by atoms with Gasteiger partial charge in [0.1, 0.15) is 0 Å². The van der Waals surface area contributed by atoms with Crippen LogP contribution in [0.1, 0.15) is 6.92 Å². The van der Waals surface area contributed by atoms with Gasteiger partial charge in [0.2, 0.25) is 0 Å². The van der Waals surface area contributed by atoms with Gasteiger partial charge in [0.15, 0.2) is 0 Å². The molecule has 0 spiro atoms. The molecule has 6 heavy (non-hydrogen) atoms. The molecule has 0 rings (SSSR count). The Morgan fingerprint density at radius 1 is 2.00 bits per heavy atom. The summed E-state index contributed by atoms with van der Waals surface area (Å²) in [7, 11) is 0.670. The fourth-order valence-electron chi connectivity index (χ4n) is 0.148. The summed E-state index contributed by atoms with van der Waals surface area (Å²) in [5, 5.41) is 0. The molecular weight excluding hydrogens is 76.9 g/mol. The van der Waals surface area contributed by atoms with E-state index in [2.05, 4.69) is 4.99 Å². The molecule has 0 saturated heterocycles. The van der Waals surface area contributed by atoms with Crippen molar-refractivity contribution in [3.63, 3.8) is 0 Å². The first-order chi connectivity index (χ1) is 2.91. The predicted octanol–water partition coefficient (Wildman–Crippen LogP) is 0.0843. The average Bonchev–Trinajstić information content (AvgIpc) is 1.61. The Labute approximate surface area is 37.5 Å². The molecule has 0 aromatic rings. The zero-order valence-corrected chi connectivity index (χ0v) is 3.72. The molecule has 0 saturated carbocycles. The van der Waals surface area contributed by atoms with Crippen molar-refractivity contribution in [2.75, 3.05) is 6.54 Å². The first kappa shape index (κ1) is 5.53. The number of hydrogen-bond donors (Lipinski definition) is 0. The number of rotatable bonds is 2. The van der Waals surface area contributed by atoms with Crippen LogP contribution in [-0.4, -0.2) is 19.8 Å². The van der Waals surface area contributed by atoms with E-state index in [4.69, 9.17) is 0 Å². The Kier molecular flexibility index (Phi) is 4.18. The van der Waals surface area contributed by atoms with Crippen molar-refractivity contribution in [3.05, 3.63) is 0 Å². The molecule has 0 aromatic carbocycles. The molecule has 0 amide bonds. The first-order valence-corrected chi connectivity index (χ1v) is 1.85. The van der Waals surface area contributed by atoms with E-state index in [-0.39, 0.29) is 0 Å². The Balaban J connectivity index is 2.94. The van der Waals surface area contributed by atoms with Gasteiger partial charge in [-0.25, -0.2) is 0 Å². The van der Waals surface area contributed by atoms with Crippen LogP contribution in [0.2, 0.25) is 0 Å². The Bertz CT molecular complexity index is 61.8. The molecule has 0 fully saturated rings. The van der Waals surface area contributed by atoms with E-state index < -0.39 is 0 Å². The average molecular weight is 82.9 g/mol. The molecular formula is C3H6BNO. The van der Waals surface area contributed by atoms with Crippen molar-refractivity contribution in [2.24, 2.45) is 4.99 Å². The normalized spacial score (nSPS) is 8.83.